The number of piperidine rings is 1. The zero-order valence-corrected chi connectivity index (χ0v) is 14.4. The van der Waals surface area contributed by atoms with Crippen molar-refractivity contribution in [3.63, 3.8) is 0 Å². The lowest BCUT2D eigenvalue weighted by atomic mass is 9.94. The monoisotopic (exact) mass is 339 g/mol. The lowest BCUT2D eigenvalue weighted by Gasteiger charge is -2.26. The molecule has 2 aromatic rings. The van der Waals surface area contributed by atoms with Crippen molar-refractivity contribution < 1.29 is 9.90 Å². The van der Waals surface area contributed by atoms with Crippen molar-refractivity contribution in [1.82, 2.24) is 15.2 Å². The average molecular weight is 339 g/mol. The maximum Gasteiger partial charge on any atom is 0.225 e. The zero-order valence-electron chi connectivity index (χ0n) is 14.4. The van der Waals surface area contributed by atoms with E-state index in [1.807, 2.05) is 35.4 Å². The molecule has 2 aliphatic rings. The summed E-state index contributed by atoms with van der Waals surface area (Å²) in [6.45, 7) is 2.95. The second kappa shape index (κ2) is 7.10. The molecule has 0 spiro atoms. The van der Waals surface area contributed by atoms with Crippen LogP contribution in [0.2, 0.25) is 0 Å². The molecule has 3 heterocycles. The molecule has 2 saturated heterocycles. The summed E-state index contributed by atoms with van der Waals surface area (Å²) in [6.07, 6.45) is 3.98. The minimum Gasteiger partial charge on any atom is -0.391 e. The number of β-amino-alcohol motifs (C(OH)–C–C–N with tert-alkyl or cyclic N) is 1. The quantitative estimate of drug-likeness (QED) is 0.891. The number of fused-ring (bicyclic) bond motifs is 1. The summed E-state index contributed by atoms with van der Waals surface area (Å²) in [6, 6.07) is 10.1. The molecular weight excluding hydrogens is 314 g/mol. The fourth-order valence-electron chi connectivity index (χ4n) is 4.18. The summed E-state index contributed by atoms with van der Waals surface area (Å²) < 4.78 is 0. The van der Waals surface area contributed by atoms with Gasteiger partial charge in [-0.3, -0.25) is 9.78 Å². The molecule has 0 aliphatic carbocycles. The van der Waals surface area contributed by atoms with Crippen LogP contribution in [0, 0.1) is 11.8 Å². The van der Waals surface area contributed by atoms with Crippen molar-refractivity contribution in [2.24, 2.45) is 11.8 Å². The van der Waals surface area contributed by atoms with E-state index in [1.54, 1.807) is 0 Å². The standard InChI is InChI=1S/C20H25N3O2/c24-19-13-23(20(25)14-5-8-21-9-6-14)12-16(19)11-15-7-10-22-18-4-2-1-3-17(15)18/h1-4,7,10,14,16,19,21,24H,5-6,8-9,11-13H2/t16-,19+/m1/s1. The fraction of sp³-hybridized carbons (Fsp3) is 0.500. The third-order valence-corrected chi connectivity index (χ3v) is 5.63. The first-order valence-electron chi connectivity index (χ1n) is 9.22. The van der Waals surface area contributed by atoms with E-state index in [2.05, 4.69) is 16.4 Å². The van der Waals surface area contributed by atoms with E-state index in [4.69, 9.17) is 0 Å². The highest BCUT2D eigenvalue weighted by atomic mass is 16.3. The van der Waals surface area contributed by atoms with Crippen LogP contribution in [-0.4, -0.2) is 53.2 Å². The predicted molar refractivity (Wildman–Crippen MR) is 97.1 cm³/mol. The Morgan fingerprint density at radius 2 is 2.00 bits per heavy atom. The Morgan fingerprint density at radius 1 is 1.20 bits per heavy atom. The third-order valence-electron chi connectivity index (χ3n) is 5.63. The van der Waals surface area contributed by atoms with Crippen LogP contribution in [-0.2, 0) is 11.2 Å². The Kier molecular flexibility index (Phi) is 4.68. The van der Waals surface area contributed by atoms with Crippen LogP contribution in [0.3, 0.4) is 0 Å². The number of para-hydroxylation sites is 1. The van der Waals surface area contributed by atoms with Gasteiger partial charge in [0.15, 0.2) is 0 Å². The molecule has 5 nitrogen and oxygen atoms in total. The molecule has 0 radical (unpaired) electrons. The normalized spacial score (nSPS) is 24.8. The number of amides is 1. The fourth-order valence-corrected chi connectivity index (χ4v) is 4.18. The van der Waals surface area contributed by atoms with Gasteiger partial charge in [0, 0.05) is 36.5 Å². The molecule has 5 heteroatoms. The minimum absolute atomic E-state index is 0.0940. The highest BCUT2D eigenvalue weighted by Gasteiger charge is 2.36. The Morgan fingerprint density at radius 3 is 2.84 bits per heavy atom. The number of benzene rings is 1. The highest BCUT2D eigenvalue weighted by Crippen LogP contribution is 2.27. The van der Waals surface area contributed by atoms with Gasteiger partial charge in [0.2, 0.25) is 5.91 Å². The van der Waals surface area contributed by atoms with Crippen molar-refractivity contribution >= 4 is 16.8 Å². The smallest absolute Gasteiger partial charge is 0.225 e. The topological polar surface area (TPSA) is 65.5 Å². The second-order valence-electron chi connectivity index (χ2n) is 7.29. The van der Waals surface area contributed by atoms with Crippen LogP contribution < -0.4 is 5.32 Å². The van der Waals surface area contributed by atoms with E-state index >= 15 is 0 Å². The molecule has 25 heavy (non-hydrogen) atoms. The van der Waals surface area contributed by atoms with Crippen LogP contribution in [0.4, 0.5) is 0 Å². The molecule has 4 rings (SSSR count). The number of pyridine rings is 1. The number of carbonyl (C=O) groups is 1. The first-order valence-corrected chi connectivity index (χ1v) is 9.22. The lowest BCUT2D eigenvalue weighted by molar-refractivity contribution is -0.135. The minimum atomic E-state index is -0.447. The van der Waals surface area contributed by atoms with Gasteiger partial charge in [-0.1, -0.05) is 18.2 Å². The molecule has 2 aliphatic heterocycles. The number of aromatic nitrogens is 1. The van der Waals surface area contributed by atoms with Gasteiger partial charge in [0.05, 0.1) is 11.6 Å². The van der Waals surface area contributed by atoms with E-state index in [1.165, 1.54) is 5.56 Å². The van der Waals surface area contributed by atoms with Crippen LogP contribution in [0.25, 0.3) is 10.9 Å². The van der Waals surface area contributed by atoms with Gasteiger partial charge < -0.3 is 15.3 Å². The SMILES string of the molecule is O=C(C1CCNCC1)N1C[C@@H](Cc2ccnc3ccccc23)[C@@H](O)C1. The van der Waals surface area contributed by atoms with Crippen molar-refractivity contribution in [2.75, 3.05) is 26.2 Å². The molecule has 1 aromatic heterocycles. The molecule has 132 valence electrons. The lowest BCUT2D eigenvalue weighted by Crippen LogP contribution is -2.40. The van der Waals surface area contributed by atoms with E-state index in [0.717, 1.165) is 43.3 Å². The second-order valence-corrected chi connectivity index (χ2v) is 7.29. The number of rotatable bonds is 3. The first kappa shape index (κ1) is 16.5. The largest absolute Gasteiger partial charge is 0.391 e. The Bertz CT molecular complexity index is 752. The maximum absolute atomic E-state index is 12.7. The van der Waals surface area contributed by atoms with Crippen LogP contribution in [0.1, 0.15) is 18.4 Å². The number of hydrogen-bond acceptors (Lipinski definition) is 4. The van der Waals surface area contributed by atoms with Gasteiger partial charge in [-0.25, -0.2) is 0 Å². The molecule has 0 bridgehead atoms. The van der Waals surface area contributed by atoms with Crippen molar-refractivity contribution in [2.45, 2.75) is 25.4 Å². The zero-order chi connectivity index (χ0) is 17.2. The molecule has 0 saturated carbocycles. The molecule has 2 N–H and O–H groups in total. The van der Waals surface area contributed by atoms with Gasteiger partial charge in [-0.15, -0.1) is 0 Å². The highest BCUT2D eigenvalue weighted by molar-refractivity contribution is 5.82. The van der Waals surface area contributed by atoms with Crippen molar-refractivity contribution in [3.8, 4) is 0 Å². The van der Waals surface area contributed by atoms with E-state index in [9.17, 15) is 9.90 Å². The van der Waals surface area contributed by atoms with Crippen molar-refractivity contribution in [1.29, 1.82) is 0 Å². The van der Waals surface area contributed by atoms with Gasteiger partial charge in [-0.05, 0) is 50.0 Å². The molecule has 2 atom stereocenters. The van der Waals surface area contributed by atoms with Gasteiger partial charge >= 0.3 is 0 Å². The molecule has 0 unspecified atom stereocenters. The van der Waals surface area contributed by atoms with Gasteiger partial charge in [-0.2, -0.15) is 0 Å². The Labute approximate surface area is 148 Å². The van der Waals surface area contributed by atoms with Crippen molar-refractivity contribution in [3.05, 3.63) is 42.1 Å². The molecule has 1 aromatic carbocycles. The molecule has 1 amide bonds. The summed E-state index contributed by atoms with van der Waals surface area (Å²) in [5, 5.41) is 15.0. The average Bonchev–Trinajstić information content (AvgIpc) is 3.03. The summed E-state index contributed by atoms with van der Waals surface area (Å²) >= 11 is 0. The number of aliphatic hydroxyl groups excluding tert-OH is 1. The number of hydrogen-bond donors (Lipinski definition) is 2. The van der Waals surface area contributed by atoms with Gasteiger partial charge in [0.1, 0.15) is 0 Å². The summed E-state index contributed by atoms with van der Waals surface area (Å²) in [5.41, 5.74) is 2.18. The summed E-state index contributed by atoms with van der Waals surface area (Å²) in [7, 11) is 0. The first-order chi connectivity index (χ1) is 12.2. The summed E-state index contributed by atoms with van der Waals surface area (Å²) in [5.74, 6) is 0.438. The van der Waals surface area contributed by atoms with Crippen LogP contribution in [0.15, 0.2) is 36.5 Å². The Hall–Kier alpha value is -1.98. The number of nitrogens with one attached hydrogen (secondary N) is 1. The van der Waals surface area contributed by atoms with Crippen LogP contribution >= 0.6 is 0 Å². The van der Waals surface area contributed by atoms with Gasteiger partial charge in [0.25, 0.3) is 0 Å². The number of nitrogens with zero attached hydrogens (tertiary/aromatic N) is 2. The van der Waals surface area contributed by atoms with Crippen LogP contribution in [0.5, 0.6) is 0 Å². The third kappa shape index (κ3) is 3.39. The maximum atomic E-state index is 12.7. The summed E-state index contributed by atoms with van der Waals surface area (Å²) in [4.78, 5) is 19.0. The predicted octanol–water partition coefficient (Wildman–Crippen LogP) is 1.60. The molecular formula is C20H25N3O2. The Balaban J connectivity index is 1.47. The molecule has 2 fully saturated rings. The van der Waals surface area contributed by atoms with E-state index < -0.39 is 6.10 Å². The number of aliphatic hydroxyl groups is 1. The van der Waals surface area contributed by atoms with E-state index in [0.29, 0.717) is 13.1 Å². The van der Waals surface area contributed by atoms with E-state index in [-0.39, 0.29) is 17.7 Å². The number of likely N-dealkylation sites (tertiary alicyclic amines) is 1. The number of carbonyl (C=O) groups excluding carboxylic acids is 1.